The van der Waals surface area contributed by atoms with E-state index in [0.717, 1.165) is 23.3 Å². The molecule has 0 fully saturated rings. The number of fused-ring (bicyclic) bond motifs is 1. The van der Waals surface area contributed by atoms with Crippen molar-refractivity contribution in [1.82, 2.24) is 0 Å². The third kappa shape index (κ3) is 2.68. The van der Waals surface area contributed by atoms with Crippen LogP contribution in [0.4, 0.5) is 0 Å². The van der Waals surface area contributed by atoms with Crippen LogP contribution in [0, 0.1) is 6.92 Å². The minimum atomic E-state index is -0.194. The van der Waals surface area contributed by atoms with Gasteiger partial charge in [0.25, 0.3) is 0 Å². The van der Waals surface area contributed by atoms with E-state index in [1.54, 1.807) is 12.1 Å². The molecule has 0 saturated heterocycles. The lowest BCUT2D eigenvalue weighted by Gasteiger charge is -2.16. The average Bonchev–Trinajstić information content (AvgIpc) is 2.73. The van der Waals surface area contributed by atoms with E-state index in [9.17, 15) is 4.79 Å². The predicted octanol–water partition coefficient (Wildman–Crippen LogP) is 4.59. The largest absolute Gasteiger partial charge is 0.487 e. The maximum Gasteiger partial charge on any atom is 0.193 e. The number of ketones is 1. The van der Waals surface area contributed by atoms with Crippen molar-refractivity contribution in [3.8, 4) is 5.75 Å². The highest BCUT2D eigenvalue weighted by atomic mass is 35.5. The van der Waals surface area contributed by atoms with E-state index in [4.69, 9.17) is 16.3 Å². The van der Waals surface area contributed by atoms with Gasteiger partial charge in [-0.25, -0.2) is 0 Å². The van der Waals surface area contributed by atoms with Crippen molar-refractivity contribution in [3.05, 3.63) is 63.7 Å². The summed E-state index contributed by atoms with van der Waals surface area (Å²) in [5.74, 6) is 0.895. The smallest absolute Gasteiger partial charge is 0.193 e. The molecule has 1 aliphatic rings. The Bertz CT molecular complexity index is 732. The zero-order chi connectivity index (χ0) is 15.2. The number of carbonyl (C=O) groups excluding carboxylic acids is 1. The van der Waals surface area contributed by atoms with Crippen molar-refractivity contribution >= 4 is 17.4 Å². The molecule has 1 aliphatic heterocycles. The monoisotopic (exact) mass is 300 g/mol. The molecule has 0 radical (unpaired) electrons. The summed E-state index contributed by atoms with van der Waals surface area (Å²) < 4.78 is 5.84. The molecule has 3 rings (SSSR count). The Morgan fingerprint density at radius 3 is 2.52 bits per heavy atom. The van der Waals surface area contributed by atoms with Gasteiger partial charge in [0.05, 0.1) is 0 Å². The minimum Gasteiger partial charge on any atom is -0.487 e. The van der Waals surface area contributed by atoms with Crippen molar-refractivity contribution in [2.75, 3.05) is 0 Å². The van der Waals surface area contributed by atoms with Crippen LogP contribution in [0.1, 0.15) is 40.9 Å². The third-order valence-corrected chi connectivity index (χ3v) is 4.17. The molecular weight excluding hydrogens is 284 g/mol. The van der Waals surface area contributed by atoms with Crippen molar-refractivity contribution in [3.63, 3.8) is 0 Å². The van der Waals surface area contributed by atoms with E-state index in [1.165, 1.54) is 0 Å². The normalized spacial score (nSPS) is 15.4. The van der Waals surface area contributed by atoms with Crippen LogP contribution in [0.2, 0.25) is 5.02 Å². The van der Waals surface area contributed by atoms with E-state index in [1.807, 2.05) is 31.2 Å². The molecule has 0 spiro atoms. The van der Waals surface area contributed by atoms with Gasteiger partial charge in [-0.15, -0.1) is 0 Å². The highest BCUT2D eigenvalue weighted by molar-refractivity contribution is 6.31. The molecule has 2 aromatic carbocycles. The van der Waals surface area contributed by atoms with E-state index in [0.29, 0.717) is 16.1 Å². The summed E-state index contributed by atoms with van der Waals surface area (Å²) in [5, 5.41) is 0.677. The molecule has 0 aliphatic carbocycles. The summed E-state index contributed by atoms with van der Waals surface area (Å²) in [4.78, 5) is 12.6. The zero-order valence-corrected chi connectivity index (χ0v) is 13.1. The van der Waals surface area contributed by atoms with Crippen molar-refractivity contribution in [1.29, 1.82) is 0 Å². The first-order valence-corrected chi connectivity index (χ1v) is 7.36. The molecule has 0 saturated carbocycles. The summed E-state index contributed by atoms with van der Waals surface area (Å²) in [6.45, 7) is 6.01. The molecule has 0 aromatic heterocycles. The molecule has 108 valence electrons. The van der Waals surface area contributed by atoms with Crippen molar-refractivity contribution < 1.29 is 9.53 Å². The molecule has 0 bridgehead atoms. The Kier molecular flexibility index (Phi) is 3.29. The fourth-order valence-electron chi connectivity index (χ4n) is 2.70. The predicted molar refractivity (Wildman–Crippen MR) is 84.5 cm³/mol. The molecule has 1 heterocycles. The van der Waals surface area contributed by atoms with Crippen LogP contribution >= 0.6 is 11.6 Å². The molecule has 0 amide bonds. The van der Waals surface area contributed by atoms with Gasteiger partial charge in [0.15, 0.2) is 5.78 Å². The van der Waals surface area contributed by atoms with Gasteiger partial charge >= 0.3 is 0 Å². The Morgan fingerprint density at radius 2 is 1.81 bits per heavy atom. The first kappa shape index (κ1) is 14.2. The average molecular weight is 301 g/mol. The summed E-state index contributed by atoms with van der Waals surface area (Å²) >= 11 is 6.01. The van der Waals surface area contributed by atoms with Crippen LogP contribution in [-0.4, -0.2) is 11.4 Å². The number of rotatable bonds is 2. The molecule has 0 N–H and O–H groups in total. The van der Waals surface area contributed by atoms with Gasteiger partial charge in [-0.3, -0.25) is 4.79 Å². The number of halogens is 1. The number of carbonyl (C=O) groups is 1. The maximum absolute atomic E-state index is 12.6. The van der Waals surface area contributed by atoms with Crippen molar-refractivity contribution in [2.24, 2.45) is 0 Å². The van der Waals surface area contributed by atoms with E-state index in [2.05, 4.69) is 13.8 Å². The number of hydrogen-bond acceptors (Lipinski definition) is 2. The Balaban J connectivity index is 1.95. The van der Waals surface area contributed by atoms with Gasteiger partial charge in [0.1, 0.15) is 11.4 Å². The zero-order valence-electron chi connectivity index (χ0n) is 12.4. The topological polar surface area (TPSA) is 26.3 Å². The Morgan fingerprint density at radius 1 is 1.14 bits per heavy atom. The van der Waals surface area contributed by atoms with Gasteiger partial charge in [-0.2, -0.15) is 0 Å². The fraction of sp³-hybridized carbons (Fsp3) is 0.278. The Hall–Kier alpha value is -1.80. The maximum atomic E-state index is 12.6. The number of benzene rings is 2. The molecule has 3 heteroatoms. The van der Waals surface area contributed by atoms with Crippen LogP contribution in [0.15, 0.2) is 36.4 Å². The molecule has 21 heavy (non-hydrogen) atoms. The van der Waals surface area contributed by atoms with Crippen LogP contribution < -0.4 is 4.74 Å². The van der Waals surface area contributed by atoms with Crippen molar-refractivity contribution in [2.45, 2.75) is 32.8 Å². The standard InChI is InChI=1S/C18H17ClO2/c1-11-8-12(4-6-15(11)19)17(20)13-5-7-16-14(9-13)10-18(2,3)21-16/h4-9H,10H2,1-3H3. The van der Waals surface area contributed by atoms with Crippen LogP contribution in [0.5, 0.6) is 5.75 Å². The summed E-state index contributed by atoms with van der Waals surface area (Å²) in [6, 6.07) is 11.0. The summed E-state index contributed by atoms with van der Waals surface area (Å²) in [7, 11) is 0. The van der Waals surface area contributed by atoms with Gasteiger partial charge in [0.2, 0.25) is 0 Å². The summed E-state index contributed by atoms with van der Waals surface area (Å²) in [6.07, 6.45) is 0.823. The summed E-state index contributed by atoms with van der Waals surface area (Å²) in [5.41, 5.74) is 3.16. The number of aryl methyl sites for hydroxylation is 1. The first-order valence-electron chi connectivity index (χ1n) is 6.98. The molecule has 0 unspecified atom stereocenters. The van der Waals surface area contributed by atoms with E-state index < -0.39 is 0 Å². The van der Waals surface area contributed by atoms with E-state index in [-0.39, 0.29) is 11.4 Å². The lowest BCUT2D eigenvalue weighted by Crippen LogP contribution is -2.24. The van der Waals surface area contributed by atoms with Crippen LogP contribution in [0.3, 0.4) is 0 Å². The van der Waals surface area contributed by atoms with Gasteiger partial charge in [-0.1, -0.05) is 11.6 Å². The minimum absolute atomic E-state index is 0.0160. The number of ether oxygens (including phenoxy) is 1. The SMILES string of the molecule is Cc1cc(C(=O)c2ccc3c(c2)CC(C)(C)O3)ccc1Cl. The van der Waals surface area contributed by atoms with E-state index >= 15 is 0 Å². The van der Waals surface area contributed by atoms with Gasteiger partial charge in [0, 0.05) is 22.6 Å². The van der Waals surface area contributed by atoms with Crippen LogP contribution in [-0.2, 0) is 6.42 Å². The first-order chi connectivity index (χ1) is 9.85. The third-order valence-electron chi connectivity index (χ3n) is 3.75. The second-order valence-electron chi connectivity index (χ2n) is 6.15. The molecular formula is C18H17ClO2. The molecule has 0 atom stereocenters. The van der Waals surface area contributed by atoms with Gasteiger partial charge in [-0.05, 0) is 68.3 Å². The second-order valence-corrected chi connectivity index (χ2v) is 6.56. The fourth-order valence-corrected chi connectivity index (χ4v) is 2.82. The number of hydrogen-bond donors (Lipinski definition) is 0. The highest BCUT2D eigenvalue weighted by Crippen LogP contribution is 2.35. The van der Waals surface area contributed by atoms with Gasteiger partial charge < -0.3 is 4.74 Å². The molecule has 2 nitrogen and oxygen atoms in total. The second kappa shape index (κ2) is 4.88. The lowest BCUT2D eigenvalue weighted by atomic mass is 9.96. The quantitative estimate of drug-likeness (QED) is 0.758. The Labute approximate surface area is 129 Å². The van der Waals surface area contributed by atoms with Crippen LogP contribution in [0.25, 0.3) is 0 Å². The molecule has 2 aromatic rings. The lowest BCUT2D eigenvalue weighted by molar-refractivity contribution is 0.103. The highest BCUT2D eigenvalue weighted by Gasteiger charge is 2.30.